The Bertz CT molecular complexity index is 835. The maximum Gasteiger partial charge on any atom is 0.329 e. The van der Waals surface area contributed by atoms with E-state index in [0.29, 0.717) is 30.7 Å². The molecule has 4 nitrogen and oxygen atoms in total. The predicted octanol–water partition coefficient (Wildman–Crippen LogP) is 4.78. The number of hydrogen-bond acceptors (Lipinski definition) is 3. The molecule has 1 heterocycles. The maximum atomic E-state index is 14.1. The largest absolute Gasteiger partial charge is 0.456 e. The predicted molar refractivity (Wildman–Crippen MR) is 106 cm³/mol. The highest BCUT2D eigenvalue weighted by Gasteiger charge is 2.57. The number of carbonyl (C=O) groups is 2. The van der Waals surface area contributed by atoms with Crippen molar-refractivity contribution in [3.63, 3.8) is 0 Å². The van der Waals surface area contributed by atoms with E-state index in [1.165, 1.54) is 26.2 Å². The number of likely N-dealkylation sites (tertiary alicyclic amines) is 1. The minimum atomic E-state index is -0.912. The van der Waals surface area contributed by atoms with E-state index in [1.54, 1.807) is 4.90 Å². The Hall–Kier alpha value is -1.98. The van der Waals surface area contributed by atoms with Crippen LogP contribution >= 0.6 is 0 Å². The van der Waals surface area contributed by atoms with Gasteiger partial charge in [-0.05, 0) is 94.2 Å². The third kappa shape index (κ3) is 3.32. The van der Waals surface area contributed by atoms with Crippen molar-refractivity contribution >= 4 is 11.9 Å². The van der Waals surface area contributed by atoms with E-state index in [0.717, 1.165) is 43.9 Å². The first-order chi connectivity index (χ1) is 14.3. The van der Waals surface area contributed by atoms with E-state index >= 15 is 0 Å². The lowest BCUT2D eigenvalue weighted by Crippen LogP contribution is -2.56. The van der Waals surface area contributed by atoms with Gasteiger partial charge in [-0.25, -0.2) is 13.6 Å². The van der Waals surface area contributed by atoms with Crippen LogP contribution in [0.3, 0.4) is 0 Å². The van der Waals surface area contributed by atoms with Crippen molar-refractivity contribution in [3.05, 3.63) is 35.4 Å². The van der Waals surface area contributed by atoms with Crippen LogP contribution in [-0.2, 0) is 14.3 Å². The summed E-state index contributed by atoms with van der Waals surface area (Å²) in [6.07, 6.45) is 7.07. The number of amides is 1. The van der Waals surface area contributed by atoms with Gasteiger partial charge in [0.1, 0.15) is 23.8 Å². The molecule has 6 heteroatoms. The molecule has 2 unspecified atom stereocenters. The summed E-state index contributed by atoms with van der Waals surface area (Å²) in [5, 5.41) is 0. The molecular weight excluding hydrogens is 388 g/mol. The summed E-state index contributed by atoms with van der Waals surface area (Å²) in [6.45, 7) is 2.11. The van der Waals surface area contributed by atoms with Gasteiger partial charge in [-0.3, -0.25) is 4.79 Å². The average molecular weight is 417 g/mol. The van der Waals surface area contributed by atoms with Gasteiger partial charge in [0.2, 0.25) is 5.91 Å². The molecule has 162 valence electrons. The Morgan fingerprint density at radius 2 is 1.73 bits per heavy atom. The number of ether oxygens (including phenoxy) is 1. The van der Waals surface area contributed by atoms with E-state index in [1.807, 2.05) is 0 Å². The van der Waals surface area contributed by atoms with E-state index in [9.17, 15) is 18.4 Å². The summed E-state index contributed by atoms with van der Waals surface area (Å²) in [6, 6.07) is 2.51. The molecule has 1 aromatic rings. The first kappa shape index (κ1) is 20.0. The van der Waals surface area contributed by atoms with Crippen molar-refractivity contribution in [2.45, 2.75) is 70.4 Å². The van der Waals surface area contributed by atoms with Gasteiger partial charge in [0.15, 0.2) is 0 Å². The third-order valence-corrected chi connectivity index (χ3v) is 7.97. The Morgan fingerprint density at radius 3 is 2.37 bits per heavy atom. The molecule has 0 N–H and O–H groups in total. The molecule has 0 spiro atoms. The number of hydrogen-bond donors (Lipinski definition) is 0. The Morgan fingerprint density at radius 1 is 1.10 bits per heavy atom. The normalized spacial score (nSPS) is 35.5. The summed E-state index contributed by atoms with van der Waals surface area (Å²) < 4.78 is 33.1. The van der Waals surface area contributed by atoms with Crippen molar-refractivity contribution in [2.24, 2.45) is 23.2 Å². The van der Waals surface area contributed by atoms with Gasteiger partial charge >= 0.3 is 5.97 Å². The minimum absolute atomic E-state index is 0.0142. The van der Waals surface area contributed by atoms with Crippen LogP contribution in [0.1, 0.15) is 70.0 Å². The number of nitrogens with zero attached hydrogens (tertiary/aromatic N) is 1. The highest BCUT2D eigenvalue weighted by molar-refractivity contribution is 5.89. The van der Waals surface area contributed by atoms with Crippen molar-refractivity contribution in [1.82, 2.24) is 4.90 Å². The number of esters is 1. The standard InChI is InChI=1S/C24H29F2NO3/c1-14(19-10-18(25)4-5-20(19)26)30-22(28)21-3-2-6-27(21)23(29)24-11-15-7-16(12-24)9-17(8-15)13-24/h4-5,10,14-17,21H,2-3,6-9,11-13H2,1H3. The number of rotatable bonds is 4. The van der Waals surface area contributed by atoms with Gasteiger partial charge in [-0.1, -0.05) is 0 Å². The fourth-order valence-corrected chi connectivity index (χ4v) is 7.07. The molecule has 4 aliphatic carbocycles. The first-order valence-electron chi connectivity index (χ1n) is 11.3. The van der Waals surface area contributed by atoms with Crippen molar-refractivity contribution in [1.29, 1.82) is 0 Å². The number of benzene rings is 1. The maximum absolute atomic E-state index is 14.1. The van der Waals surface area contributed by atoms with Crippen LogP contribution in [0.5, 0.6) is 0 Å². The smallest absolute Gasteiger partial charge is 0.329 e. The topological polar surface area (TPSA) is 46.6 Å². The third-order valence-electron chi connectivity index (χ3n) is 7.97. The molecule has 1 amide bonds. The SMILES string of the molecule is CC(OC(=O)C1CCCN1C(=O)C12CC3CC(CC(C3)C1)C2)c1cc(F)ccc1F. The van der Waals surface area contributed by atoms with Gasteiger partial charge in [0, 0.05) is 12.1 Å². The second kappa shape index (κ2) is 7.31. The molecule has 0 radical (unpaired) electrons. The van der Waals surface area contributed by atoms with E-state index in [-0.39, 0.29) is 16.9 Å². The highest BCUT2D eigenvalue weighted by Crippen LogP contribution is 2.60. The van der Waals surface area contributed by atoms with Gasteiger partial charge < -0.3 is 9.64 Å². The van der Waals surface area contributed by atoms with Gasteiger partial charge in [-0.15, -0.1) is 0 Å². The molecule has 1 aliphatic heterocycles. The second-order valence-corrected chi connectivity index (χ2v) is 10.1. The lowest BCUT2D eigenvalue weighted by molar-refractivity contribution is -0.167. The Balaban J connectivity index is 1.31. The molecule has 5 fully saturated rings. The van der Waals surface area contributed by atoms with Crippen molar-refractivity contribution in [3.8, 4) is 0 Å². The van der Waals surface area contributed by atoms with Crippen LogP contribution in [0.15, 0.2) is 18.2 Å². The van der Waals surface area contributed by atoms with Crippen LogP contribution in [0.2, 0.25) is 0 Å². The Labute approximate surface area is 176 Å². The first-order valence-corrected chi connectivity index (χ1v) is 11.3. The zero-order valence-corrected chi connectivity index (χ0v) is 17.4. The highest BCUT2D eigenvalue weighted by atomic mass is 19.1. The molecule has 30 heavy (non-hydrogen) atoms. The molecule has 0 aromatic heterocycles. The van der Waals surface area contributed by atoms with Crippen LogP contribution in [0, 0.1) is 34.8 Å². The van der Waals surface area contributed by atoms with Crippen LogP contribution in [0.25, 0.3) is 0 Å². The van der Waals surface area contributed by atoms with E-state index in [2.05, 4.69) is 0 Å². The van der Waals surface area contributed by atoms with Crippen LogP contribution in [0.4, 0.5) is 8.78 Å². The van der Waals surface area contributed by atoms with E-state index in [4.69, 9.17) is 4.74 Å². The summed E-state index contributed by atoms with van der Waals surface area (Å²) in [5.41, 5.74) is -0.280. The van der Waals surface area contributed by atoms with Gasteiger partial charge in [0.25, 0.3) is 0 Å². The van der Waals surface area contributed by atoms with Crippen LogP contribution < -0.4 is 0 Å². The summed E-state index contributed by atoms with van der Waals surface area (Å²) >= 11 is 0. The molecular formula is C24H29F2NO3. The molecule has 2 atom stereocenters. The van der Waals surface area contributed by atoms with Gasteiger partial charge in [-0.2, -0.15) is 0 Å². The lowest BCUT2D eigenvalue weighted by Gasteiger charge is -2.56. The molecule has 4 bridgehead atoms. The number of carbonyl (C=O) groups excluding carboxylic acids is 2. The summed E-state index contributed by atoms with van der Waals surface area (Å²) in [5.74, 6) is 0.406. The van der Waals surface area contributed by atoms with Crippen molar-refractivity contribution < 1.29 is 23.1 Å². The van der Waals surface area contributed by atoms with E-state index < -0.39 is 29.7 Å². The molecule has 6 rings (SSSR count). The molecule has 5 aliphatic rings. The quantitative estimate of drug-likeness (QED) is 0.663. The zero-order chi connectivity index (χ0) is 21.0. The average Bonchev–Trinajstić information content (AvgIpc) is 3.18. The summed E-state index contributed by atoms with van der Waals surface area (Å²) in [4.78, 5) is 28.4. The van der Waals surface area contributed by atoms with Crippen molar-refractivity contribution in [2.75, 3.05) is 6.54 Å². The fourth-order valence-electron chi connectivity index (χ4n) is 7.07. The minimum Gasteiger partial charge on any atom is -0.456 e. The molecule has 1 aromatic carbocycles. The number of halogens is 2. The molecule has 1 saturated heterocycles. The van der Waals surface area contributed by atoms with Gasteiger partial charge in [0.05, 0.1) is 5.41 Å². The fraction of sp³-hybridized carbons (Fsp3) is 0.667. The van der Waals surface area contributed by atoms with Crippen LogP contribution in [-0.4, -0.2) is 29.4 Å². The summed E-state index contributed by atoms with van der Waals surface area (Å²) in [7, 11) is 0. The Kier molecular flexibility index (Phi) is 4.86. The second-order valence-electron chi connectivity index (χ2n) is 10.1. The zero-order valence-electron chi connectivity index (χ0n) is 17.4. The molecule has 4 saturated carbocycles. The lowest BCUT2D eigenvalue weighted by atomic mass is 9.49. The monoisotopic (exact) mass is 417 g/mol.